The van der Waals surface area contributed by atoms with Crippen LogP contribution in [0.2, 0.25) is 0 Å². The molecule has 0 saturated heterocycles. The van der Waals surface area contributed by atoms with Crippen LogP contribution in [-0.2, 0) is 6.54 Å². The van der Waals surface area contributed by atoms with Gasteiger partial charge in [0.25, 0.3) is 0 Å². The van der Waals surface area contributed by atoms with Gasteiger partial charge in [-0.25, -0.2) is 0 Å². The van der Waals surface area contributed by atoms with Crippen molar-refractivity contribution in [1.29, 1.82) is 0 Å². The number of unbranched alkanes of at least 4 members (excludes halogenated alkanes) is 5. The van der Waals surface area contributed by atoms with Crippen molar-refractivity contribution >= 4 is 0 Å². The standard InChI is InChI=1S/C17H29N/c1-4-5-6-7-8-9-12-18-14-17-11-10-15(2)16(3)13-17/h10-11,13,18H,4-9,12,14H2,1-3H3. The molecule has 0 spiro atoms. The second kappa shape index (κ2) is 9.16. The minimum Gasteiger partial charge on any atom is -0.313 e. The van der Waals surface area contributed by atoms with Crippen LogP contribution in [0.15, 0.2) is 18.2 Å². The average Bonchev–Trinajstić information content (AvgIpc) is 2.37. The maximum atomic E-state index is 3.54. The molecule has 0 amide bonds. The highest BCUT2D eigenvalue weighted by atomic mass is 14.8. The Morgan fingerprint density at radius 1 is 0.889 bits per heavy atom. The van der Waals surface area contributed by atoms with E-state index in [2.05, 4.69) is 44.3 Å². The highest BCUT2D eigenvalue weighted by Gasteiger charge is 1.96. The first kappa shape index (κ1) is 15.2. The van der Waals surface area contributed by atoms with Crippen LogP contribution in [0.25, 0.3) is 0 Å². The summed E-state index contributed by atoms with van der Waals surface area (Å²) >= 11 is 0. The SMILES string of the molecule is CCCCCCCCNCc1ccc(C)c(C)c1. The molecule has 0 aromatic heterocycles. The van der Waals surface area contributed by atoms with Gasteiger partial charge >= 0.3 is 0 Å². The topological polar surface area (TPSA) is 12.0 Å². The monoisotopic (exact) mass is 247 g/mol. The maximum absolute atomic E-state index is 3.54. The zero-order valence-corrected chi connectivity index (χ0v) is 12.4. The van der Waals surface area contributed by atoms with Gasteiger partial charge in [-0.15, -0.1) is 0 Å². The second-order valence-corrected chi connectivity index (χ2v) is 5.36. The molecule has 0 heterocycles. The fraction of sp³-hybridized carbons (Fsp3) is 0.647. The smallest absolute Gasteiger partial charge is 0.0205 e. The van der Waals surface area contributed by atoms with Gasteiger partial charge in [0.15, 0.2) is 0 Å². The fourth-order valence-corrected chi connectivity index (χ4v) is 2.18. The van der Waals surface area contributed by atoms with Gasteiger partial charge in [-0.05, 0) is 43.5 Å². The maximum Gasteiger partial charge on any atom is 0.0205 e. The van der Waals surface area contributed by atoms with Gasteiger partial charge in [0.2, 0.25) is 0 Å². The first-order chi connectivity index (χ1) is 8.74. The van der Waals surface area contributed by atoms with Crippen molar-refractivity contribution in [2.24, 2.45) is 0 Å². The van der Waals surface area contributed by atoms with Crippen LogP contribution < -0.4 is 5.32 Å². The molecule has 1 heteroatoms. The van der Waals surface area contributed by atoms with Gasteiger partial charge in [0, 0.05) is 6.54 Å². The molecular formula is C17H29N. The van der Waals surface area contributed by atoms with E-state index in [4.69, 9.17) is 0 Å². The lowest BCUT2D eigenvalue weighted by atomic mass is 10.1. The second-order valence-electron chi connectivity index (χ2n) is 5.36. The number of aryl methyl sites for hydroxylation is 2. The van der Waals surface area contributed by atoms with E-state index in [-0.39, 0.29) is 0 Å². The molecule has 1 aromatic rings. The molecule has 1 nitrogen and oxygen atoms in total. The van der Waals surface area contributed by atoms with E-state index in [0.29, 0.717) is 0 Å². The summed E-state index contributed by atoms with van der Waals surface area (Å²) in [5.74, 6) is 0. The molecule has 1 rings (SSSR count). The molecule has 0 aliphatic heterocycles. The Morgan fingerprint density at radius 2 is 1.61 bits per heavy atom. The summed E-state index contributed by atoms with van der Waals surface area (Å²) < 4.78 is 0. The molecule has 1 aromatic carbocycles. The summed E-state index contributed by atoms with van der Waals surface area (Å²) in [6.07, 6.45) is 8.24. The van der Waals surface area contributed by atoms with Crippen molar-refractivity contribution in [3.8, 4) is 0 Å². The van der Waals surface area contributed by atoms with E-state index in [9.17, 15) is 0 Å². The number of hydrogen-bond donors (Lipinski definition) is 1. The lowest BCUT2D eigenvalue weighted by Crippen LogP contribution is -2.14. The third-order valence-electron chi connectivity index (χ3n) is 3.61. The van der Waals surface area contributed by atoms with Crippen molar-refractivity contribution in [1.82, 2.24) is 5.32 Å². The molecule has 0 aliphatic carbocycles. The summed E-state index contributed by atoms with van der Waals surface area (Å²) in [7, 11) is 0. The number of benzene rings is 1. The van der Waals surface area contributed by atoms with E-state index in [0.717, 1.165) is 13.1 Å². The van der Waals surface area contributed by atoms with Gasteiger partial charge < -0.3 is 5.32 Å². The van der Waals surface area contributed by atoms with Crippen LogP contribution in [0.5, 0.6) is 0 Å². The minimum atomic E-state index is 1.01. The normalized spacial score (nSPS) is 10.8. The van der Waals surface area contributed by atoms with E-state index < -0.39 is 0 Å². The van der Waals surface area contributed by atoms with Crippen LogP contribution in [0.3, 0.4) is 0 Å². The summed E-state index contributed by atoms with van der Waals surface area (Å²) in [5.41, 5.74) is 4.19. The average molecular weight is 247 g/mol. The Labute approximate surface area is 113 Å². The van der Waals surface area contributed by atoms with Gasteiger partial charge in [0.1, 0.15) is 0 Å². The molecule has 0 aliphatic rings. The summed E-state index contributed by atoms with van der Waals surface area (Å²) in [6.45, 7) is 8.79. The molecule has 0 saturated carbocycles. The molecule has 0 fully saturated rings. The van der Waals surface area contributed by atoms with Gasteiger partial charge in [-0.2, -0.15) is 0 Å². The lowest BCUT2D eigenvalue weighted by Gasteiger charge is -2.07. The van der Waals surface area contributed by atoms with E-state index in [1.165, 1.54) is 55.2 Å². The Bertz CT molecular complexity index is 330. The molecule has 0 unspecified atom stereocenters. The Hall–Kier alpha value is -0.820. The van der Waals surface area contributed by atoms with Gasteiger partial charge in [0.05, 0.1) is 0 Å². The number of rotatable bonds is 9. The van der Waals surface area contributed by atoms with Crippen LogP contribution in [-0.4, -0.2) is 6.54 Å². The van der Waals surface area contributed by atoms with Gasteiger partial charge in [-0.1, -0.05) is 57.2 Å². The van der Waals surface area contributed by atoms with E-state index in [1.54, 1.807) is 0 Å². The summed E-state index contributed by atoms with van der Waals surface area (Å²) in [5, 5.41) is 3.54. The van der Waals surface area contributed by atoms with E-state index in [1.807, 2.05) is 0 Å². The van der Waals surface area contributed by atoms with Gasteiger partial charge in [-0.3, -0.25) is 0 Å². The summed E-state index contributed by atoms with van der Waals surface area (Å²) in [6, 6.07) is 6.75. The van der Waals surface area contributed by atoms with Crippen molar-refractivity contribution in [2.45, 2.75) is 65.8 Å². The first-order valence-electron chi connectivity index (χ1n) is 7.51. The molecule has 0 bridgehead atoms. The van der Waals surface area contributed by atoms with Crippen molar-refractivity contribution in [3.63, 3.8) is 0 Å². The summed E-state index contributed by atoms with van der Waals surface area (Å²) in [4.78, 5) is 0. The van der Waals surface area contributed by atoms with Crippen LogP contribution in [0.1, 0.15) is 62.1 Å². The lowest BCUT2D eigenvalue weighted by molar-refractivity contribution is 0.572. The molecule has 0 radical (unpaired) electrons. The quantitative estimate of drug-likeness (QED) is 0.621. The Balaban J connectivity index is 2.05. The molecule has 102 valence electrons. The zero-order valence-electron chi connectivity index (χ0n) is 12.4. The highest BCUT2D eigenvalue weighted by Crippen LogP contribution is 2.09. The predicted octanol–water partition coefficient (Wildman–Crippen LogP) is 4.75. The zero-order chi connectivity index (χ0) is 13.2. The number of hydrogen-bond acceptors (Lipinski definition) is 1. The van der Waals surface area contributed by atoms with Crippen molar-refractivity contribution in [2.75, 3.05) is 6.54 Å². The molecule has 0 atom stereocenters. The first-order valence-corrected chi connectivity index (χ1v) is 7.51. The van der Waals surface area contributed by atoms with Crippen LogP contribution in [0.4, 0.5) is 0 Å². The van der Waals surface area contributed by atoms with Crippen LogP contribution >= 0.6 is 0 Å². The third-order valence-corrected chi connectivity index (χ3v) is 3.61. The van der Waals surface area contributed by atoms with Crippen molar-refractivity contribution < 1.29 is 0 Å². The molecule has 1 N–H and O–H groups in total. The largest absolute Gasteiger partial charge is 0.313 e. The Morgan fingerprint density at radius 3 is 2.33 bits per heavy atom. The fourth-order valence-electron chi connectivity index (χ4n) is 2.18. The van der Waals surface area contributed by atoms with E-state index >= 15 is 0 Å². The number of nitrogens with one attached hydrogen (secondary N) is 1. The van der Waals surface area contributed by atoms with Crippen molar-refractivity contribution in [3.05, 3.63) is 34.9 Å². The third kappa shape index (κ3) is 6.20. The molecular weight excluding hydrogens is 218 g/mol. The highest BCUT2D eigenvalue weighted by molar-refractivity contribution is 5.29. The Kier molecular flexibility index (Phi) is 7.75. The van der Waals surface area contributed by atoms with Crippen LogP contribution in [0, 0.1) is 13.8 Å². The molecule has 18 heavy (non-hydrogen) atoms. The minimum absolute atomic E-state index is 1.01. The predicted molar refractivity (Wildman–Crippen MR) is 81.0 cm³/mol.